The molecule has 122 valence electrons. The van der Waals surface area contributed by atoms with Gasteiger partial charge in [0.15, 0.2) is 0 Å². The first-order chi connectivity index (χ1) is 10.8. The lowest BCUT2D eigenvalue weighted by Crippen LogP contribution is -2.53. The Morgan fingerprint density at radius 2 is 2.09 bits per heavy atom. The highest BCUT2D eigenvalue weighted by atomic mass is 35.5. The molecule has 2 N–H and O–H groups in total. The second-order valence-electron chi connectivity index (χ2n) is 6.09. The van der Waals surface area contributed by atoms with Gasteiger partial charge in [0.2, 0.25) is 0 Å². The Labute approximate surface area is 140 Å². The van der Waals surface area contributed by atoms with Gasteiger partial charge in [-0.1, -0.05) is 11.6 Å². The molecule has 1 saturated carbocycles. The number of rotatable bonds is 5. The average Bonchev–Trinajstić information content (AvgIpc) is 2.44. The molecular formula is C17H19ClN2O3. The van der Waals surface area contributed by atoms with Crippen LogP contribution >= 0.6 is 11.6 Å². The zero-order valence-electron chi connectivity index (χ0n) is 13.1. The van der Waals surface area contributed by atoms with Crippen LogP contribution in [0.2, 0.25) is 5.02 Å². The Kier molecular flexibility index (Phi) is 4.86. The van der Waals surface area contributed by atoms with Gasteiger partial charge in [-0.25, -0.2) is 4.79 Å². The second-order valence-corrected chi connectivity index (χ2v) is 6.49. The number of carbonyl (C=O) groups is 2. The Morgan fingerprint density at radius 1 is 1.43 bits per heavy atom. The van der Waals surface area contributed by atoms with E-state index >= 15 is 0 Å². The third-order valence-electron chi connectivity index (χ3n) is 4.08. The number of nitrogens with zero attached hydrogens (tertiary/aromatic N) is 1. The average molecular weight is 335 g/mol. The van der Waals surface area contributed by atoms with Gasteiger partial charge in [-0.05, 0) is 57.2 Å². The van der Waals surface area contributed by atoms with Crippen LogP contribution in [-0.2, 0) is 9.59 Å². The number of hydrogen-bond donors (Lipinski definition) is 2. The highest BCUT2D eigenvalue weighted by Crippen LogP contribution is 2.33. The first-order valence-corrected chi connectivity index (χ1v) is 7.75. The number of terminal acetylenes is 1. The molecule has 0 aromatic heterocycles. The van der Waals surface area contributed by atoms with Crippen molar-refractivity contribution in [2.75, 3.05) is 10.2 Å². The molecule has 0 spiro atoms. The SMILES string of the molecule is C#CC(=O)N(c1ccc(NC2CCC2)c(Cl)c1)C(C)(C)C(=O)O. The van der Waals surface area contributed by atoms with Gasteiger partial charge in [-0.15, -0.1) is 6.42 Å². The van der Waals surface area contributed by atoms with E-state index in [2.05, 4.69) is 5.32 Å². The first kappa shape index (κ1) is 17.2. The zero-order chi connectivity index (χ0) is 17.2. The molecule has 1 aromatic carbocycles. The lowest BCUT2D eigenvalue weighted by molar-refractivity contribution is -0.143. The van der Waals surface area contributed by atoms with Crippen LogP contribution in [0.1, 0.15) is 33.1 Å². The number of benzene rings is 1. The number of anilines is 2. The number of aliphatic carboxylic acids is 1. The lowest BCUT2D eigenvalue weighted by Gasteiger charge is -2.34. The van der Waals surface area contributed by atoms with Crippen molar-refractivity contribution in [1.29, 1.82) is 0 Å². The molecule has 6 heteroatoms. The van der Waals surface area contributed by atoms with Crippen LogP contribution in [0.5, 0.6) is 0 Å². The minimum atomic E-state index is -1.49. The minimum absolute atomic E-state index is 0.351. The van der Waals surface area contributed by atoms with Crippen LogP contribution in [0, 0.1) is 12.3 Å². The van der Waals surface area contributed by atoms with E-state index in [9.17, 15) is 14.7 Å². The molecule has 23 heavy (non-hydrogen) atoms. The Balaban J connectivity index is 2.36. The fraction of sp³-hybridized carbons (Fsp3) is 0.412. The number of nitrogens with one attached hydrogen (secondary N) is 1. The molecular weight excluding hydrogens is 316 g/mol. The third kappa shape index (κ3) is 3.43. The van der Waals surface area contributed by atoms with Crippen LogP contribution in [0.25, 0.3) is 0 Å². The molecule has 1 amide bonds. The first-order valence-electron chi connectivity index (χ1n) is 7.37. The van der Waals surface area contributed by atoms with E-state index in [1.54, 1.807) is 18.2 Å². The van der Waals surface area contributed by atoms with Crippen LogP contribution in [0.4, 0.5) is 11.4 Å². The van der Waals surface area contributed by atoms with Crippen molar-refractivity contribution in [3.8, 4) is 12.3 Å². The smallest absolute Gasteiger partial charge is 0.329 e. The van der Waals surface area contributed by atoms with Crippen LogP contribution in [0.15, 0.2) is 18.2 Å². The van der Waals surface area contributed by atoms with Crippen LogP contribution in [-0.4, -0.2) is 28.6 Å². The number of carbonyl (C=O) groups excluding carboxylic acids is 1. The summed E-state index contributed by atoms with van der Waals surface area (Å²) in [6.07, 6.45) is 8.59. The van der Waals surface area contributed by atoms with Crippen molar-refractivity contribution in [3.63, 3.8) is 0 Å². The summed E-state index contributed by atoms with van der Waals surface area (Å²) in [6.45, 7) is 2.83. The Morgan fingerprint density at radius 3 is 2.52 bits per heavy atom. The number of amides is 1. The van der Waals surface area contributed by atoms with Crippen molar-refractivity contribution in [3.05, 3.63) is 23.2 Å². The molecule has 1 aliphatic rings. The fourth-order valence-corrected chi connectivity index (χ4v) is 2.62. The second kappa shape index (κ2) is 6.51. The summed E-state index contributed by atoms with van der Waals surface area (Å²) in [5.41, 5.74) is -0.374. The molecule has 1 aromatic rings. The molecule has 5 nitrogen and oxygen atoms in total. The number of carboxylic acids is 1. The summed E-state index contributed by atoms with van der Waals surface area (Å²) in [7, 11) is 0. The molecule has 0 aliphatic heterocycles. The van der Waals surface area contributed by atoms with E-state index in [1.165, 1.54) is 20.3 Å². The van der Waals surface area contributed by atoms with E-state index in [0.717, 1.165) is 23.4 Å². The highest BCUT2D eigenvalue weighted by molar-refractivity contribution is 6.33. The number of carboxylic acid groups (broad SMARTS) is 1. The number of halogens is 1. The predicted molar refractivity (Wildman–Crippen MR) is 90.7 cm³/mol. The van der Waals surface area contributed by atoms with E-state index in [4.69, 9.17) is 18.0 Å². The maximum Gasteiger partial charge on any atom is 0.329 e. The summed E-state index contributed by atoms with van der Waals surface area (Å²) in [5.74, 6) is 0.0871. The standard InChI is InChI=1S/C17H19ClN2O3/c1-4-15(21)20(17(2,3)16(22)23)12-8-9-14(13(18)10-12)19-11-6-5-7-11/h1,8-11,19H,5-7H2,2-3H3,(H,22,23). The van der Waals surface area contributed by atoms with E-state index < -0.39 is 17.4 Å². The predicted octanol–water partition coefficient (Wildman–Crippen LogP) is 3.13. The monoisotopic (exact) mass is 334 g/mol. The van der Waals surface area contributed by atoms with Crippen LogP contribution < -0.4 is 10.2 Å². The van der Waals surface area contributed by atoms with Crippen LogP contribution in [0.3, 0.4) is 0 Å². The molecule has 0 saturated heterocycles. The van der Waals surface area contributed by atoms with E-state index in [1.807, 2.05) is 5.92 Å². The van der Waals surface area contributed by atoms with E-state index in [0.29, 0.717) is 16.8 Å². The third-order valence-corrected chi connectivity index (χ3v) is 4.40. The zero-order valence-corrected chi connectivity index (χ0v) is 13.9. The Hall–Kier alpha value is -2.19. The summed E-state index contributed by atoms with van der Waals surface area (Å²) in [5, 5.41) is 13.1. The molecule has 0 heterocycles. The normalized spacial score (nSPS) is 14.5. The molecule has 0 bridgehead atoms. The lowest BCUT2D eigenvalue weighted by atomic mass is 9.93. The van der Waals surface area contributed by atoms with Gasteiger partial charge in [0.1, 0.15) is 5.54 Å². The van der Waals surface area contributed by atoms with Crippen molar-refractivity contribution < 1.29 is 14.7 Å². The van der Waals surface area contributed by atoms with Gasteiger partial charge >= 0.3 is 11.9 Å². The summed E-state index contributed by atoms with van der Waals surface area (Å²) in [6, 6.07) is 5.36. The number of hydrogen-bond acceptors (Lipinski definition) is 3. The summed E-state index contributed by atoms with van der Waals surface area (Å²) >= 11 is 6.28. The maximum atomic E-state index is 12.1. The van der Waals surface area contributed by atoms with Gasteiger partial charge in [0.05, 0.1) is 10.7 Å². The topological polar surface area (TPSA) is 69.6 Å². The highest BCUT2D eigenvalue weighted by Gasteiger charge is 2.38. The van der Waals surface area contributed by atoms with Crippen molar-refractivity contribution in [2.45, 2.75) is 44.7 Å². The quantitative estimate of drug-likeness (QED) is 0.812. The molecule has 0 unspecified atom stereocenters. The molecule has 2 rings (SSSR count). The van der Waals surface area contributed by atoms with Crippen molar-refractivity contribution in [1.82, 2.24) is 0 Å². The largest absolute Gasteiger partial charge is 0.480 e. The van der Waals surface area contributed by atoms with Gasteiger partial charge in [-0.2, -0.15) is 0 Å². The fourth-order valence-electron chi connectivity index (χ4n) is 2.39. The van der Waals surface area contributed by atoms with Crippen molar-refractivity contribution in [2.24, 2.45) is 0 Å². The molecule has 0 atom stereocenters. The molecule has 1 aliphatic carbocycles. The molecule has 1 fully saturated rings. The Bertz CT molecular complexity index is 675. The van der Waals surface area contributed by atoms with Gasteiger partial charge in [0.25, 0.3) is 0 Å². The van der Waals surface area contributed by atoms with Gasteiger partial charge in [-0.3, -0.25) is 9.69 Å². The van der Waals surface area contributed by atoms with E-state index in [-0.39, 0.29) is 0 Å². The summed E-state index contributed by atoms with van der Waals surface area (Å²) < 4.78 is 0. The van der Waals surface area contributed by atoms with Gasteiger partial charge in [0, 0.05) is 11.7 Å². The maximum absolute atomic E-state index is 12.1. The van der Waals surface area contributed by atoms with Crippen molar-refractivity contribution >= 4 is 34.9 Å². The summed E-state index contributed by atoms with van der Waals surface area (Å²) in [4.78, 5) is 24.6. The molecule has 0 radical (unpaired) electrons. The minimum Gasteiger partial charge on any atom is -0.480 e. The van der Waals surface area contributed by atoms with Gasteiger partial charge < -0.3 is 10.4 Å².